The Hall–Kier alpha value is -5.07. The van der Waals surface area contributed by atoms with Gasteiger partial charge in [0, 0.05) is 40.9 Å². The first-order valence-electron chi connectivity index (χ1n) is 17.6. The number of phenolic OH excluding ortho intramolecular Hbond substituents is 1. The highest BCUT2D eigenvalue weighted by Crippen LogP contribution is 2.64. The highest BCUT2D eigenvalue weighted by Gasteiger charge is 2.68. The third kappa shape index (κ3) is 5.05. The molecule has 53 heavy (non-hydrogen) atoms. The van der Waals surface area contributed by atoms with E-state index in [0.29, 0.717) is 34.1 Å². The molecule has 2 aromatic carbocycles. The molecule has 0 bridgehead atoms. The zero-order chi connectivity index (χ0) is 37.7. The Morgan fingerprint density at radius 2 is 1.89 bits per heavy atom. The van der Waals surface area contributed by atoms with Gasteiger partial charge in [-0.1, -0.05) is 47.5 Å². The van der Waals surface area contributed by atoms with Crippen LogP contribution in [0.3, 0.4) is 0 Å². The van der Waals surface area contributed by atoms with Crippen LogP contribution in [0.2, 0.25) is 5.02 Å². The number of carbonyl (C=O) groups excluding carboxylic acids is 4. The average molecular weight is 753 g/mol. The lowest BCUT2D eigenvalue weighted by atomic mass is 9.51. The van der Waals surface area contributed by atoms with Crippen LogP contribution in [0, 0.1) is 36.0 Å². The molecule has 6 unspecified atom stereocenters. The van der Waals surface area contributed by atoms with Crippen LogP contribution in [0.15, 0.2) is 66.8 Å². The lowest BCUT2D eigenvalue weighted by Gasteiger charge is -2.49. The van der Waals surface area contributed by atoms with Gasteiger partial charge in [0.1, 0.15) is 17.3 Å². The molecule has 2 aromatic heterocycles. The number of carboxylic acids is 1. The second-order valence-electron chi connectivity index (χ2n) is 14.7. The predicted octanol–water partition coefficient (Wildman–Crippen LogP) is 6.40. The number of aromatic hydroxyl groups is 1. The first-order valence-corrected chi connectivity index (χ1v) is 18.8. The molecule has 13 heteroatoms. The molecule has 4 aromatic rings. The highest BCUT2D eigenvalue weighted by molar-refractivity contribution is 7.22. The molecule has 0 radical (unpaired) electrons. The van der Waals surface area contributed by atoms with Crippen LogP contribution in [-0.2, 0) is 37.4 Å². The van der Waals surface area contributed by atoms with Crippen molar-refractivity contribution in [2.24, 2.45) is 36.1 Å². The van der Waals surface area contributed by atoms with Gasteiger partial charge in [-0.15, -0.1) is 17.9 Å². The first kappa shape index (κ1) is 35.0. The van der Waals surface area contributed by atoms with Crippen molar-refractivity contribution >= 4 is 68.4 Å². The summed E-state index contributed by atoms with van der Waals surface area (Å²) >= 11 is 7.84. The third-order valence-electron chi connectivity index (χ3n) is 12.0. The maximum absolute atomic E-state index is 15.1. The molecule has 2 N–H and O–H groups in total. The zero-order valence-corrected chi connectivity index (χ0v) is 30.9. The van der Waals surface area contributed by atoms with Crippen LogP contribution in [-0.4, -0.2) is 61.0 Å². The Morgan fingerprint density at radius 3 is 2.62 bits per heavy atom. The van der Waals surface area contributed by atoms with Crippen LogP contribution in [0.5, 0.6) is 5.75 Å². The molecule has 1 saturated carbocycles. The summed E-state index contributed by atoms with van der Waals surface area (Å²) < 4.78 is 2.56. The number of para-hydroxylation sites is 1. The summed E-state index contributed by atoms with van der Waals surface area (Å²) in [7, 11) is 1.69. The summed E-state index contributed by atoms with van der Waals surface area (Å²) in [6.07, 6.45) is 3.91. The fourth-order valence-electron chi connectivity index (χ4n) is 9.45. The van der Waals surface area contributed by atoms with Crippen LogP contribution >= 0.6 is 22.9 Å². The van der Waals surface area contributed by atoms with Crippen LogP contribution in [0.25, 0.3) is 20.7 Å². The number of rotatable bonds is 8. The second kappa shape index (κ2) is 12.5. The molecule has 2 aliphatic heterocycles. The molecule has 272 valence electrons. The summed E-state index contributed by atoms with van der Waals surface area (Å²) in [6.45, 7) is 7.34. The number of nitrogens with zero attached hydrogens (tertiary/aromatic N) is 4. The van der Waals surface area contributed by atoms with Gasteiger partial charge in [0.15, 0.2) is 0 Å². The Balaban J connectivity index is 1.25. The largest absolute Gasteiger partial charge is 0.507 e. The van der Waals surface area contributed by atoms with Gasteiger partial charge in [0.05, 0.1) is 34.5 Å². The van der Waals surface area contributed by atoms with E-state index < -0.39 is 64.6 Å². The van der Waals surface area contributed by atoms with Gasteiger partial charge < -0.3 is 10.2 Å². The van der Waals surface area contributed by atoms with Crippen molar-refractivity contribution in [3.8, 4) is 16.3 Å². The van der Waals surface area contributed by atoms with Gasteiger partial charge in [0.2, 0.25) is 23.6 Å². The van der Waals surface area contributed by atoms with E-state index in [9.17, 15) is 29.4 Å². The number of benzene rings is 2. The number of aliphatic carboxylic acids is 1. The number of fused-ring (bicyclic) bond motifs is 5. The molecule has 4 amide bonds. The Kier molecular flexibility index (Phi) is 8.26. The maximum atomic E-state index is 15.1. The second-order valence-corrected chi connectivity index (χ2v) is 16.2. The van der Waals surface area contributed by atoms with Crippen molar-refractivity contribution in [2.75, 3.05) is 11.4 Å². The molecule has 6 atom stereocenters. The number of aromatic nitrogens is 2. The number of carbonyl (C=O) groups is 5. The minimum Gasteiger partial charge on any atom is -0.507 e. The number of phenols is 1. The van der Waals surface area contributed by atoms with E-state index in [-0.39, 0.29) is 31.6 Å². The molecule has 0 spiro atoms. The monoisotopic (exact) mass is 752 g/mol. The number of anilines is 1. The number of thiophene rings is 1. The van der Waals surface area contributed by atoms with Crippen LogP contribution in [0.4, 0.5) is 5.82 Å². The normalized spacial score (nSPS) is 26.6. The van der Waals surface area contributed by atoms with Crippen LogP contribution in [0.1, 0.15) is 48.8 Å². The third-order valence-corrected chi connectivity index (χ3v) is 13.5. The number of amides is 4. The van der Waals surface area contributed by atoms with Crippen molar-refractivity contribution in [3.63, 3.8) is 0 Å². The standard InChI is InChI=1S/C40H37ClN4O7S/c1-5-7-20-8-6-9-24(34(20)48)33-22-11-12-23-32(38(51)44(36(23)49)15-14-31(46)47)26(22)17-27-37(50)45(39(52)40(27,33)3)30-18-28(42-43(30)4)35-19(2)25-16-21(41)10-13-29(25)53-35/h5-6,8-11,13,16,18,23,26-27,32-33,48H,1,7,12,14-15,17H2,2-4H3,(H,46,47). The van der Waals surface area contributed by atoms with E-state index in [0.717, 1.165) is 31.0 Å². The fraction of sp³-hybridized carbons (Fsp3) is 0.350. The summed E-state index contributed by atoms with van der Waals surface area (Å²) in [5.41, 5.74) is 1.99. The molecule has 2 aliphatic carbocycles. The first-order chi connectivity index (χ1) is 25.3. The molecular formula is C40H37ClN4O7S. The molecule has 2 saturated heterocycles. The zero-order valence-electron chi connectivity index (χ0n) is 29.3. The van der Waals surface area contributed by atoms with Crippen molar-refractivity contribution in [2.45, 2.75) is 45.4 Å². The number of halogens is 1. The van der Waals surface area contributed by atoms with Gasteiger partial charge in [-0.25, -0.2) is 4.90 Å². The van der Waals surface area contributed by atoms with E-state index in [1.807, 2.05) is 31.2 Å². The number of allylic oxidation sites excluding steroid dienone is 3. The number of aryl methyl sites for hydroxylation is 2. The quantitative estimate of drug-likeness (QED) is 0.155. The van der Waals surface area contributed by atoms with E-state index in [1.54, 1.807) is 55.6 Å². The highest BCUT2D eigenvalue weighted by atomic mass is 35.5. The van der Waals surface area contributed by atoms with Crippen molar-refractivity contribution < 1.29 is 34.2 Å². The van der Waals surface area contributed by atoms with Crippen molar-refractivity contribution in [1.82, 2.24) is 14.7 Å². The number of imide groups is 2. The molecule has 8 rings (SSSR count). The van der Waals surface area contributed by atoms with Gasteiger partial charge in [-0.3, -0.25) is 33.6 Å². The van der Waals surface area contributed by atoms with E-state index in [4.69, 9.17) is 16.7 Å². The average Bonchev–Trinajstić information content (AvgIpc) is 3.79. The van der Waals surface area contributed by atoms with Gasteiger partial charge in [0.25, 0.3) is 0 Å². The topological polar surface area (TPSA) is 150 Å². The number of carboxylic acid groups (broad SMARTS) is 1. The summed E-state index contributed by atoms with van der Waals surface area (Å²) in [5, 5.41) is 27.5. The van der Waals surface area contributed by atoms with Crippen molar-refractivity contribution in [3.05, 3.63) is 88.5 Å². The lowest BCUT2D eigenvalue weighted by molar-refractivity contribution is -0.142. The summed E-state index contributed by atoms with van der Waals surface area (Å²) in [4.78, 5) is 72.0. The SMILES string of the molecule is C=CCc1cccc(C2C3=CCC4C(=O)N(CCC(=O)O)C(=O)C4C3CC3C(=O)N(c4cc(-c5sc6ccc(Cl)cc6c5C)nn4C)C(=O)C32C)c1O. The lowest BCUT2D eigenvalue weighted by Crippen LogP contribution is -2.49. The minimum atomic E-state index is -1.38. The molecular weight excluding hydrogens is 716 g/mol. The Morgan fingerprint density at radius 1 is 1.11 bits per heavy atom. The predicted molar refractivity (Wildman–Crippen MR) is 199 cm³/mol. The summed E-state index contributed by atoms with van der Waals surface area (Å²) in [5.74, 6) is -6.47. The Bertz CT molecular complexity index is 2340. The maximum Gasteiger partial charge on any atom is 0.305 e. The molecule has 11 nitrogen and oxygen atoms in total. The van der Waals surface area contributed by atoms with Crippen molar-refractivity contribution in [1.29, 1.82) is 0 Å². The fourth-order valence-corrected chi connectivity index (χ4v) is 10.8. The smallest absolute Gasteiger partial charge is 0.305 e. The number of likely N-dealkylation sites (tertiary alicyclic amines) is 1. The van der Waals surface area contributed by atoms with E-state index >= 15 is 4.79 Å². The van der Waals surface area contributed by atoms with Gasteiger partial charge in [-0.05, 0) is 73.7 Å². The molecule has 4 heterocycles. The summed E-state index contributed by atoms with van der Waals surface area (Å²) in [6, 6.07) is 12.8. The van der Waals surface area contributed by atoms with E-state index in [1.165, 1.54) is 9.58 Å². The van der Waals surface area contributed by atoms with Gasteiger partial charge >= 0.3 is 5.97 Å². The van der Waals surface area contributed by atoms with Crippen LogP contribution < -0.4 is 4.90 Å². The number of hydrogen-bond donors (Lipinski definition) is 2. The minimum absolute atomic E-state index is 0.0141. The van der Waals surface area contributed by atoms with Gasteiger partial charge in [-0.2, -0.15) is 5.10 Å². The van der Waals surface area contributed by atoms with E-state index in [2.05, 4.69) is 6.58 Å². The molecule has 3 fully saturated rings. The number of hydrogen-bond acceptors (Lipinski definition) is 8. The molecule has 4 aliphatic rings. The Labute approximate surface area is 314 Å².